The Hall–Kier alpha value is 1.12. The van der Waals surface area contributed by atoms with Gasteiger partial charge in [-0.3, -0.25) is 9.11 Å². The Kier molecular flexibility index (Phi) is 23.3. The molecule has 0 aliphatic carbocycles. The largest absolute Gasteiger partial charge is 2.00 e. The second kappa shape index (κ2) is 8.12. The first-order valence-corrected chi connectivity index (χ1v) is 2.10. The molecule has 5 N–H and O–H groups in total. The monoisotopic (exact) mass is 196 g/mol. The molecule has 0 aromatic heterocycles. The van der Waals surface area contributed by atoms with Crippen molar-refractivity contribution in [2.75, 3.05) is 0 Å². The third-order valence-electron chi connectivity index (χ3n) is 0. The van der Waals surface area contributed by atoms with Gasteiger partial charge in [-0.25, -0.2) is 0 Å². The van der Waals surface area contributed by atoms with Crippen LogP contribution in [0.2, 0.25) is 0 Å². The van der Waals surface area contributed by atoms with Crippen molar-refractivity contribution in [2.45, 2.75) is 0 Å². The molecule has 0 fully saturated rings. The molecular weight excluding hydrogens is 189 g/mol. The summed E-state index contributed by atoms with van der Waals surface area (Å²) in [5, 5.41) is 0. The van der Waals surface area contributed by atoms with Gasteiger partial charge in [0.1, 0.15) is 0 Å². The molecule has 0 amide bonds. The number of hydrogen-bond donors (Lipinski definition) is 3. The van der Waals surface area contributed by atoms with Gasteiger partial charge >= 0.3 is 33.5 Å². The maximum atomic E-state index is 8.74. The van der Waals surface area contributed by atoms with Crippen LogP contribution >= 0.6 is 0 Å². The molecule has 5 nitrogen and oxygen atoms in total. The van der Waals surface area contributed by atoms with E-state index >= 15 is 0 Å². The van der Waals surface area contributed by atoms with Crippen molar-refractivity contribution >= 4 is 33.5 Å². The summed E-state index contributed by atoms with van der Waals surface area (Å²) < 4.78 is 31.6. The van der Waals surface area contributed by atoms with Crippen molar-refractivity contribution in [1.29, 1.82) is 0 Å². The molecule has 0 aromatic rings. The van der Waals surface area contributed by atoms with Gasteiger partial charge in [-0.05, 0) is 0 Å². The minimum Gasteiger partial charge on any atom is -1.00 e. The minimum absolute atomic E-state index is 0. The van der Waals surface area contributed by atoms with Gasteiger partial charge in [0, 0.05) is 17.1 Å². The summed E-state index contributed by atoms with van der Waals surface area (Å²) >= 11 is 0. The maximum Gasteiger partial charge on any atom is 2.00 e. The Morgan fingerprint density at radius 1 is 1.25 bits per heavy atom. The molecule has 8 heavy (non-hydrogen) atoms. The SMILES string of the molecule is N.O=S(=O)(O)O.[H-].[H-].[Mg+2].[Mn]. The molecule has 0 aromatic carbocycles. The van der Waals surface area contributed by atoms with E-state index in [1.165, 1.54) is 0 Å². The molecule has 0 spiro atoms. The van der Waals surface area contributed by atoms with Crippen LogP contribution in [0.3, 0.4) is 0 Å². The molecule has 0 atom stereocenters. The van der Waals surface area contributed by atoms with Crippen LogP contribution in [-0.2, 0) is 27.5 Å². The fourth-order valence-corrected chi connectivity index (χ4v) is 0. The summed E-state index contributed by atoms with van der Waals surface area (Å²) in [6, 6.07) is 0. The van der Waals surface area contributed by atoms with Crippen LogP contribution in [0.25, 0.3) is 0 Å². The van der Waals surface area contributed by atoms with Crippen LogP contribution in [0, 0.1) is 0 Å². The zero-order chi connectivity index (χ0) is 4.50. The predicted molar refractivity (Wildman–Crippen MR) is 27.2 cm³/mol. The minimum atomic E-state index is -4.67. The molecule has 51 valence electrons. The molecule has 0 aliphatic heterocycles. The Balaban J connectivity index is -0.00000000800. The van der Waals surface area contributed by atoms with Gasteiger partial charge in [-0.1, -0.05) is 0 Å². The van der Waals surface area contributed by atoms with Crippen LogP contribution in [0.5, 0.6) is 0 Å². The van der Waals surface area contributed by atoms with E-state index in [0.717, 1.165) is 0 Å². The quantitative estimate of drug-likeness (QED) is 0.352. The van der Waals surface area contributed by atoms with Crippen LogP contribution in [0.15, 0.2) is 0 Å². The molecular formula is H7MgMnNO4S. The summed E-state index contributed by atoms with van der Waals surface area (Å²) in [5.41, 5.74) is 0. The average molecular weight is 196 g/mol. The second-order valence-electron chi connectivity index (χ2n) is 0.448. The second-order valence-corrected chi connectivity index (χ2v) is 1.34. The van der Waals surface area contributed by atoms with Gasteiger partial charge in [-0.2, -0.15) is 8.42 Å². The molecule has 8 heteroatoms. The molecule has 1 radical (unpaired) electrons. The zero-order valence-electron chi connectivity index (χ0n) is 5.91. The third-order valence-corrected chi connectivity index (χ3v) is 0. The maximum absolute atomic E-state index is 8.74. The van der Waals surface area contributed by atoms with Crippen molar-refractivity contribution in [3.05, 3.63) is 0 Å². The molecule has 0 saturated heterocycles. The smallest absolute Gasteiger partial charge is 1.00 e. The molecule has 0 unspecified atom stereocenters. The first-order chi connectivity index (χ1) is 2.00. The zero-order valence-corrected chi connectivity index (χ0v) is 7.32. The fourth-order valence-electron chi connectivity index (χ4n) is 0. The molecule has 0 saturated carbocycles. The van der Waals surface area contributed by atoms with Gasteiger partial charge < -0.3 is 9.00 Å². The van der Waals surface area contributed by atoms with Gasteiger partial charge in [0.05, 0.1) is 0 Å². The number of hydrogen-bond acceptors (Lipinski definition) is 3. The van der Waals surface area contributed by atoms with E-state index in [-0.39, 0.29) is 49.1 Å². The van der Waals surface area contributed by atoms with E-state index < -0.39 is 10.4 Å². The first kappa shape index (κ1) is 22.9. The average Bonchev–Trinajstić information content (AvgIpc) is 0.722. The Labute approximate surface area is 77.0 Å². The Morgan fingerprint density at radius 3 is 1.25 bits per heavy atom. The standard InChI is InChI=1S/Mg.Mn.H3N.H2O4S.2H/c;;;1-5(2,3)4;;/h;;1H3;(H2,1,2,3,4);;/q+2;;;;2*-1. The normalized spacial score (nSPS) is 7.25. The molecule has 0 bridgehead atoms. The molecule has 0 rings (SSSR count). The third kappa shape index (κ3) is 214. The predicted octanol–water partition coefficient (Wildman–Crippen LogP) is -0.649. The molecule has 0 heterocycles. The topological polar surface area (TPSA) is 110 Å². The summed E-state index contributed by atoms with van der Waals surface area (Å²) in [6.45, 7) is 0. The van der Waals surface area contributed by atoms with Crippen molar-refractivity contribution in [1.82, 2.24) is 6.15 Å². The summed E-state index contributed by atoms with van der Waals surface area (Å²) in [7, 11) is -4.67. The van der Waals surface area contributed by atoms with E-state index in [4.69, 9.17) is 17.5 Å². The van der Waals surface area contributed by atoms with E-state index in [1.807, 2.05) is 0 Å². The van der Waals surface area contributed by atoms with Crippen LogP contribution < -0.4 is 6.15 Å². The first-order valence-electron chi connectivity index (χ1n) is 0.698. The number of rotatable bonds is 0. The van der Waals surface area contributed by atoms with Gasteiger partial charge in [0.15, 0.2) is 0 Å². The summed E-state index contributed by atoms with van der Waals surface area (Å²) in [5.74, 6) is 0. The van der Waals surface area contributed by atoms with Gasteiger partial charge in [0.2, 0.25) is 0 Å². The van der Waals surface area contributed by atoms with Gasteiger partial charge in [-0.15, -0.1) is 0 Å². The van der Waals surface area contributed by atoms with Crippen LogP contribution in [0.1, 0.15) is 2.85 Å². The van der Waals surface area contributed by atoms with Crippen LogP contribution in [0.4, 0.5) is 0 Å². The van der Waals surface area contributed by atoms with Crippen molar-refractivity contribution in [3.8, 4) is 0 Å². The van der Waals surface area contributed by atoms with Crippen molar-refractivity contribution in [3.63, 3.8) is 0 Å². The van der Waals surface area contributed by atoms with E-state index in [2.05, 4.69) is 0 Å². The fraction of sp³-hybridized carbons (Fsp3) is 0. The van der Waals surface area contributed by atoms with Crippen molar-refractivity contribution in [2.24, 2.45) is 0 Å². The van der Waals surface area contributed by atoms with Gasteiger partial charge in [0.25, 0.3) is 0 Å². The van der Waals surface area contributed by atoms with E-state index in [9.17, 15) is 0 Å². The summed E-state index contributed by atoms with van der Waals surface area (Å²) in [6.07, 6.45) is 0. The van der Waals surface area contributed by atoms with E-state index in [1.54, 1.807) is 0 Å². The Bertz CT molecular complexity index is 106. The van der Waals surface area contributed by atoms with E-state index in [0.29, 0.717) is 0 Å². The van der Waals surface area contributed by atoms with Crippen LogP contribution in [-0.4, -0.2) is 40.6 Å². The van der Waals surface area contributed by atoms with Crippen molar-refractivity contribution < 1.29 is 37.4 Å². The Morgan fingerprint density at radius 2 is 1.25 bits per heavy atom. The molecule has 0 aliphatic rings. The summed E-state index contributed by atoms with van der Waals surface area (Å²) in [4.78, 5) is 0.